The highest BCUT2D eigenvalue weighted by molar-refractivity contribution is 5.76. The van der Waals surface area contributed by atoms with Crippen LogP contribution in [0.25, 0.3) is 0 Å². The minimum Gasteiger partial charge on any atom is -0.466 e. The van der Waals surface area contributed by atoms with Gasteiger partial charge in [-0.15, -0.1) is 0 Å². The topological polar surface area (TPSA) is 95.9 Å². The lowest BCUT2D eigenvalue weighted by Crippen LogP contribution is -2.45. The lowest BCUT2D eigenvalue weighted by Gasteiger charge is -2.20. The van der Waals surface area contributed by atoms with Crippen molar-refractivity contribution < 1.29 is 24.5 Å². The molecule has 0 spiro atoms. The van der Waals surface area contributed by atoms with Gasteiger partial charge in [0.25, 0.3) is 0 Å². The van der Waals surface area contributed by atoms with Gasteiger partial charge in [-0.3, -0.25) is 9.59 Å². The predicted molar refractivity (Wildman–Crippen MR) is 370 cm³/mol. The third-order valence-electron chi connectivity index (χ3n) is 17.9. The average molecular weight is 1180 g/mol. The molecular weight excluding hydrogens is 1030 g/mol. The number of aliphatic hydroxyl groups excluding tert-OH is 2. The van der Waals surface area contributed by atoms with E-state index in [2.05, 4.69) is 43.5 Å². The number of carbonyl (C=O) groups is 2. The van der Waals surface area contributed by atoms with E-state index in [0.717, 1.165) is 51.4 Å². The van der Waals surface area contributed by atoms with E-state index in [0.29, 0.717) is 19.4 Å². The molecule has 0 saturated heterocycles. The number of hydrogen-bond acceptors (Lipinski definition) is 5. The highest BCUT2D eigenvalue weighted by atomic mass is 16.5. The van der Waals surface area contributed by atoms with Gasteiger partial charge in [0.2, 0.25) is 5.91 Å². The Kier molecular flexibility index (Phi) is 71.9. The van der Waals surface area contributed by atoms with Gasteiger partial charge in [0.05, 0.1) is 25.4 Å². The second-order valence-electron chi connectivity index (χ2n) is 26.3. The molecule has 2 unspecified atom stereocenters. The molecule has 0 aliphatic rings. The molecule has 0 rings (SSSR count). The van der Waals surface area contributed by atoms with Gasteiger partial charge in [-0.2, -0.15) is 0 Å². The van der Waals surface area contributed by atoms with Crippen LogP contribution in [0.15, 0.2) is 36.5 Å². The first-order valence-electron chi connectivity index (χ1n) is 38.3. The van der Waals surface area contributed by atoms with Gasteiger partial charge in [-0.1, -0.05) is 384 Å². The van der Waals surface area contributed by atoms with Crippen LogP contribution in [0.4, 0.5) is 0 Å². The number of hydrogen-bond donors (Lipinski definition) is 3. The Balaban J connectivity index is 3.38. The Hall–Kier alpha value is -1.92. The zero-order valence-corrected chi connectivity index (χ0v) is 56.9. The Morgan fingerprint density at radius 2 is 0.595 bits per heavy atom. The summed E-state index contributed by atoms with van der Waals surface area (Å²) in [6.07, 6.45) is 95.3. The normalized spacial score (nSPS) is 12.7. The van der Waals surface area contributed by atoms with Crippen LogP contribution in [0.2, 0.25) is 0 Å². The van der Waals surface area contributed by atoms with Crippen LogP contribution in [-0.2, 0) is 14.3 Å². The number of ether oxygens (including phenoxy) is 1. The molecule has 1 amide bonds. The lowest BCUT2D eigenvalue weighted by molar-refractivity contribution is -0.143. The zero-order valence-electron chi connectivity index (χ0n) is 56.9. The van der Waals surface area contributed by atoms with E-state index in [1.165, 1.54) is 347 Å². The van der Waals surface area contributed by atoms with Crippen LogP contribution < -0.4 is 5.32 Å². The maximum atomic E-state index is 12.5. The number of allylic oxidation sites excluding steroid dienone is 5. The van der Waals surface area contributed by atoms with E-state index in [-0.39, 0.29) is 18.5 Å². The second kappa shape index (κ2) is 73.5. The molecule has 0 heterocycles. The van der Waals surface area contributed by atoms with Crippen molar-refractivity contribution >= 4 is 11.9 Å². The summed E-state index contributed by atoms with van der Waals surface area (Å²) in [5.41, 5.74) is 0. The van der Waals surface area contributed by atoms with Crippen molar-refractivity contribution in [2.24, 2.45) is 0 Å². The summed E-state index contributed by atoms with van der Waals surface area (Å²) in [5.74, 6) is -0.0501. The zero-order chi connectivity index (χ0) is 60.6. The van der Waals surface area contributed by atoms with Crippen molar-refractivity contribution in [2.45, 2.75) is 437 Å². The fourth-order valence-electron chi connectivity index (χ4n) is 12.1. The van der Waals surface area contributed by atoms with Crippen molar-refractivity contribution in [1.29, 1.82) is 0 Å². The Labute approximate surface area is 525 Å². The van der Waals surface area contributed by atoms with Gasteiger partial charge in [-0.25, -0.2) is 0 Å². The summed E-state index contributed by atoms with van der Waals surface area (Å²) in [6, 6.07) is -0.627. The van der Waals surface area contributed by atoms with Crippen LogP contribution in [0.1, 0.15) is 425 Å². The molecule has 0 aliphatic carbocycles. The molecule has 84 heavy (non-hydrogen) atoms. The highest BCUT2D eigenvalue weighted by Gasteiger charge is 2.18. The fraction of sp³-hybridized carbons (Fsp3) is 0.897. The number of carbonyl (C=O) groups excluding carboxylic acids is 2. The standard InChI is InChI=1S/C78H149NO5/c1-3-5-7-9-11-13-15-17-19-21-22-23-29-32-35-39-42-46-50-54-58-62-66-70-76(81)75(74-80)79-77(82)71-67-63-59-55-51-47-43-40-36-33-30-27-25-24-26-28-31-34-37-41-45-49-53-57-61-65-69-73-84-78(83)72-68-64-60-56-52-48-44-38-20-18-16-14-12-10-8-6-4-2/h12,14,18,20,66,70,75-76,80-81H,3-11,13,15-17,19,21-65,67-69,71-74H2,1-2H3,(H,79,82)/b14-12-,20-18-,70-66+. The number of aliphatic hydroxyl groups is 2. The molecule has 6 nitrogen and oxygen atoms in total. The summed E-state index contributed by atoms with van der Waals surface area (Å²) in [6.45, 7) is 4.92. The molecule has 0 aliphatic heterocycles. The van der Waals surface area contributed by atoms with Gasteiger partial charge in [-0.05, 0) is 64.2 Å². The van der Waals surface area contributed by atoms with Crippen LogP contribution in [0.3, 0.4) is 0 Å². The molecule has 0 radical (unpaired) electrons. The Morgan fingerprint density at radius 3 is 0.929 bits per heavy atom. The Bertz CT molecular complexity index is 1360. The summed E-state index contributed by atoms with van der Waals surface area (Å²) < 4.78 is 5.50. The van der Waals surface area contributed by atoms with E-state index in [9.17, 15) is 19.8 Å². The molecule has 2 atom stereocenters. The molecule has 0 fully saturated rings. The molecule has 0 bridgehead atoms. The fourth-order valence-corrected chi connectivity index (χ4v) is 12.1. The number of amides is 1. The third-order valence-corrected chi connectivity index (χ3v) is 17.9. The first-order valence-corrected chi connectivity index (χ1v) is 38.3. The third kappa shape index (κ3) is 69.2. The molecule has 0 saturated carbocycles. The summed E-state index contributed by atoms with van der Waals surface area (Å²) >= 11 is 0. The van der Waals surface area contributed by atoms with Gasteiger partial charge in [0, 0.05) is 12.8 Å². The van der Waals surface area contributed by atoms with Crippen molar-refractivity contribution in [3.8, 4) is 0 Å². The second-order valence-corrected chi connectivity index (χ2v) is 26.3. The first kappa shape index (κ1) is 82.1. The number of esters is 1. The number of rotatable bonds is 72. The quantitative estimate of drug-likeness (QED) is 0.0320. The average Bonchev–Trinajstić information content (AvgIpc) is 3.52. The minimum atomic E-state index is -0.844. The van der Waals surface area contributed by atoms with Gasteiger partial charge in [0.15, 0.2) is 0 Å². The molecular formula is C78H149NO5. The van der Waals surface area contributed by atoms with E-state index >= 15 is 0 Å². The monoisotopic (exact) mass is 1180 g/mol. The molecule has 496 valence electrons. The van der Waals surface area contributed by atoms with Crippen LogP contribution in [0, 0.1) is 0 Å². The van der Waals surface area contributed by atoms with Crippen LogP contribution >= 0.6 is 0 Å². The van der Waals surface area contributed by atoms with E-state index in [1.807, 2.05) is 6.08 Å². The molecule has 0 aromatic rings. The molecule has 0 aromatic heterocycles. The van der Waals surface area contributed by atoms with E-state index in [4.69, 9.17) is 4.74 Å². The van der Waals surface area contributed by atoms with Crippen molar-refractivity contribution in [1.82, 2.24) is 5.32 Å². The molecule has 6 heteroatoms. The van der Waals surface area contributed by atoms with Crippen molar-refractivity contribution in [3.63, 3.8) is 0 Å². The smallest absolute Gasteiger partial charge is 0.305 e. The van der Waals surface area contributed by atoms with Gasteiger partial charge in [0.1, 0.15) is 0 Å². The first-order chi connectivity index (χ1) is 41.5. The summed E-state index contributed by atoms with van der Waals surface area (Å²) in [7, 11) is 0. The molecule has 0 aromatic carbocycles. The Morgan fingerprint density at radius 1 is 0.333 bits per heavy atom. The highest BCUT2D eigenvalue weighted by Crippen LogP contribution is 2.19. The predicted octanol–water partition coefficient (Wildman–Crippen LogP) is 25.0. The SMILES string of the molecule is CCCCC/C=C\C/C=C\CCCCCCCCCC(=O)OCCCCCCCCCCCCCCCCCCCCCCCCCCCCCC(=O)NC(CO)C(O)/C=C/CCCCCCCCCCCCCCCCCCCCCCC. The van der Waals surface area contributed by atoms with Gasteiger partial charge >= 0.3 is 5.97 Å². The van der Waals surface area contributed by atoms with Crippen molar-refractivity contribution in [2.75, 3.05) is 13.2 Å². The minimum absolute atomic E-state index is 0.0107. The number of nitrogens with one attached hydrogen (secondary N) is 1. The summed E-state index contributed by atoms with van der Waals surface area (Å²) in [5, 5.41) is 23.3. The van der Waals surface area contributed by atoms with Gasteiger partial charge < -0.3 is 20.3 Å². The van der Waals surface area contributed by atoms with Crippen molar-refractivity contribution in [3.05, 3.63) is 36.5 Å². The largest absolute Gasteiger partial charge is 0.466 e. The summed E-state index contributed by atoms with van der Waals surface area (Å²) in [4.78, 5) is 24.6. The maximum absolute atomic E-state index is 12.5. The van der Waals surface area contributed by atoms with Crippen LogP contribution in [0.5, 0.6) is 0 Å². The van der Waals surface area contributed by atoms with E-state index < -0.39 is 12.1 Å². The number of unbranched alkanes of at least 4 members (excludes halogenated alkanes) is 57. The van der Waals surface area contributed by atoms with E-state index in [1.54, 1.807) is 6.08 Å². The van der Waals surface area contributed by atoms with Crippen LogP contribution in [-0.4, -0.2) is 47.4 Å². The lowest BCUT2D eigenvalue weighted by atomic mass is 10.0. The maximum Gasteiger partial charge on any atom is 0.305 e. The molecule has 3 N–H and O–H groups in total.